The Morgan fingerprint density at radius 3 is 2.71 bits per heavy atom. The molecule has 3 N–H and O–H groups in total. The van der Waals surface area contributed by atoms with Gasteiger partial charge >= 0.3 is 0 Å². The van der Waals surface area contributed by atoms with Crippen LogP contribution in [0.1, 0.15) is 24.9 Å². The van der Waals surface area contributed by atoms with E-state index in [0.29, 0.717) is 12.5 Å². The summed E-state index contributed by atoms with van der Waals surface area (Å²) < 4.78 is 6.47. The highest BCUT2D eigenvalue weighted by molar-refractivity contribution is 9.10. The molecule has 1 aromatic carbocycles. The van der Waals surface area contributed by atoms with Crippen LogP contribution in [0.2, 0.25) is 0 Å². The molecule has 0 heterocycles. The molecule has 0 bridgehead atoms. The maximum atomic E-state index is 5.69. The maximum absolute atomic E-state index is 5.69. The first-order valence-electron chi connectivity index (χ1n) is 5.83. The predicted octanol–water partition coefficient (Wildman–Crippen LogP) is 2.70. The second kappa shape index (κ2) is 6.99. The van der Waals surface area contributed by atoms with Crippen LogP contribution in [0.3, 0.4) is 0 Å². The topological polar surface area (TPSA) is 47.3 Å². The summed E-state index contributed by atoms with van der Waals surface area (Å²) >= 11 is 3.50. The summed E-state index contributed by atoms with van der Waals surface area (Å²) in [5.74, 6) is 1.40. The van der Waals surface area contributed by atoms with Crippen molar-refractivity contribution in [3.63, 3.8) is 0 Å². The smallest absolute Gasteiger partial charge is 0.123 e. The molecule has 0 saturated heterocycles. The average molecular weight is 301 g/mol. The number of hydrogen-bond acceptors (Lipinski definition) is 3. The van der Waals surface area contributed by atoms with Crippen molar-refractivity contribution in [1.82, 2.24) is 5.32 Å². The molecule has 0 radical (unpaired) electrons. The molecule has 0 aliphatic heterocycles. The Kier molecular flexibility index (Phi) is 5.95. The number of rotatable bonds is 6. The van der Waals surface area contributed by atoms with Gasteiger partial charge in [-0.05, 0) is 44.1 Å². The van der Waals surface area contributed by atoms with Gasteiger partial charge in [-0.1, -0.05) is 22.9 Å². The van der Waals surface area contributed by atoms with Gasteiger partial charge < -0.3 is 15.8 Å². The summed E-state index contributed by atoms with van der Waals surface area (Å²) in [6.45, 7) is 2.86. The molecular formula is C13H21BrN2O. The van der Waals surface area contributed by atoms with Gasteiger partial charge in [0.15, 0.2) is 0 Å². The summed E-state index contributed by atoms with van der Waals surface area (Å²) in [5, 5.41) is 3.33. The van der Waals surface area contributed by atoms with E-state index in [-0.39, 0.29) is 6.04 Å². The molecule has 0 aliphatic rings. The van der Waals surface area contributed by atoms with E-state index in [0.717, 1.165) is 16.6 Å². The number of nitrogens with one attached hydrogen (secondary N) is 1. The molecule has 2 unspecified atom stereocenters. The third-order valence-corrected chi connectivity index (χ3v) is 3.45. The largest absolute Gasteiger partial charge is 0.496 e. The van der Waals surface area contributed by atoms with Gasteiger partial charge in [-0.25, -0.2) is 0 Å². The highest BCUT2D eigenvalue weighted by Crippen LogP contribution is 2.31. The molecule has 0 aromatic heterocycles. The Balaban J connectivity index is 2.97. The van der Waals surface area contributed by atoms with Crippen molar-refractivity contribution in [3.05, 3.63) is 28.2 Å². The first-order chi connectivity index (χ1) is 8.12. The molecule has 4 heteroatoms. The summed E-state index contributed by atoms with van der Waals surface area (Å²) in [7, 11) is 3.67. The van der Waals surface area contributed by atoms with E-state index in [2.05, 4.69) is 34.2 Å². The quantitative estimate of drug-likeness (QED) is 0.849. The van der Waals surface area contributed by atoms with Crippen molar-refractivity contribution in [2.24, 2.45) is 11.7 Å². The van der Waals surface area contributed by atoms with E-state index in [4.69, 9.17) is 10.5 Å². The normalized spacial score (nSPS) is 14.4. The third-order valence-electron chi connectivity index (χ3n) is 2.96. The second-order valence-corrected chi connectivity index (χ2v) is 5.22. The van der Waals surface area contributed by atoms with Crippen LogP contribution >= 0.6 is 15.9 Å². The van der Waals surface area contributed by atoms with Gasteiger partial charge in [0, 0.05) is 16.1 Å². The molecule has 1 aromatic rings. The van der Waals surface area contributed by atoms with Crippen molar-refractivity contribution in [1.29, 1.82) is 0 Å². The van der Waals surface area contributed by atoms with Crippen LogP contribution in [0, 0.1) is 5.92 Å². The molecular weight excluding hydrogens is 280 g/mol. The first-order valence-corrected chi connectivity index (χ1v) is 6.62. The lowest BCUT2D eigenvalue weighted by Gasteiger charge is -2.22. The van der Waals surface area contributed by atoms with E-state index in [1.807, 2.05) is 19.2 Å². The van der Waals surface area contributed by atoms with Crippen LogP contribution in [-0.2, 0) is 0 Å². The Bertz CT molecular complexity index is 357. The lowest BCUT2D eigenvalue weighted by atomic mass is 9.95. The number of halogens is 1. The van der Waals surface area contributed by atoms with Gasteiger partial charge in [-0.3, -0.25) is 0 Å². The monoisotopic (exact) mass is 300 g/mol. The van der Waals surface area contributed by atoms with E-state index >= 15 is 0 Å². The van der Waals surface area contributed by atoms with E-state index in [1.165, 1.54) is 5.56 Å². The van der Waals surface area contributed by atoms with E-state index in [9.17, 15) is 0 Å². The van der Waals surface area contributed by atoms with Crippen LogP contribution in [0.4, 0.5) is 0 Å². The lowest BCUT2D eigenvalue weighted by Crippen LogP contribution is -2.23. The number of hydrogen-bond donors (Lipinski definition) is 2. The Labute approximate surface area is 112 Å². The zero-order valence-electron chi connectivity index (χ0n) is 10.7. The Morgan fingerprint density at radius 2 is 2.18 bits per heavy atom. The van der Waals surface area contributed by atoms with Crippen LogP contribution in [-0.4, -0.2) is 20.7 Å². The lowest BCUT2D eigenvalue weighted by molar-refractivity contribution is 0.385. The van der Waals surface area contributed by atoms with Crippen molar-refractivity contribution in [2.45, 2.75) is 19.4 Å². The van der Waals surface area contributed by atoms with Crippen LogP contribution < -0.4 is 15.8 Å². The standard InChI is InChI=1S/C13H21BrN2O/c1-9(8-15)6-12(16-2)11-7-10(14)4-5-13(11)17-3/h4-5,7,9,12,16H,6,8,15H2,1-3H3. The van der Waals surface area contributed by atoms with Crippen molar-refractivity contribution >= 4 is 15.9 Å². The highest BCUT2D eigenvalue weighted by atomic mass is 79.9. The van der Waals surface area contributed by atoms with Crippen LogP contribution in [0.15, 0.2) is 22.7 Å². The van der Waals surface area contributed by atoms with Gasteiger partial charge in [0.1, 0.15) is 5.75 Å². The van der Waals surface area contributed by atoms with E-state index < -0.39 is 0 Å². The Morgan fingerprint density at radius 1 is 1.47 bits per heavy atom. The summed E-state index contributed by atoms with van der Waals surface area (Å²) in [4.78, 5) is 0. The number of ether oxygens (including phenoxy) is 1. The minimum Gasteiger partial charge on any atom is -0.496 e. The SMILES string of the molecule is CNC(CC(C)CN)c1cc(Br)ccc1OC. The fourth-order valence-corrected chi connectivity index (χ4v) is 2.26. The van der Waals surface area contributed by atoms with Gasteiger partial charge in [-0.15, -0.1) is 0 Å². The molecule has 0 fully saturated rings. The number of nitrogens with two attached hydrogens (primary N) is 1. The molecule has 96 valence electrons. The summed E-state index contributed by atoms with van der Waals surface area (Å²) in [6, 6.07) is 6.34. The zero-order chi connectivity index (χ0) is 12.8. The molecule has 0 spiro atoms. The third kappa shape index (κ3) is 3.98. The molecule has 3 nitrogen and oxygen atoms in total. The predicted molar refractivity (Wildman–Crippen MR) is 75.3 cm³/mol. The van der Waals surface area contributed by atoms with Crippen molar-refractivity contribution in [2.75, 3.05) is 20.7 Å². The van der Waals surface area contributed by atoms with Gasteiger partial charge in [0.25, 0.3) is 0 Å². The molecule has 0 saturated carbocycles. The maximum Gasteiger partial charge on any atom is 0.123 e. The molecule has 0 amide bonds. The van der Waals surface area contributed by atoms with Crippen LogP contribution in [0.5, 0.6) is 5.75 Å². The second-order valence-electron chi connectivity index (χ2n) is 4.30. The van der Waals surface area contributed by atoms with Crippen LogP contribution in [0.25, 0.3) is 0 Å². The molecule has 1 rings (SSSR count). The molecule has 2 atom stereocenters. The zero-order valence-corrected chi connectivity index (χ0v) is 12.3. The summed E-state index contributed by atoms with van der Waals surface area (Å²) in [6.07, 6.45) is 1.000. The minimum absolute atomic E-state index is 0.265. The number of benzene rings is 1. The van der Waals surface area contributed by atoms with Crippen molar-refractivity contribution < 1.29 is 4.74 Å². The Hall–Kier alpha value is -0.580. The van der Waals surface area contributed by atoms with E-state index in [1.54, 1.807) is 7.11 Å². The molecule has 17 heavy (non-hydrogen) atoms. The fraction of sp³-hybridized carbons (Fsp3) is 0.538. The van der Waals surface area contributed by atoms with Gasteiger partial charge in [0.2, 0.25) is 0 Å². The van der Waals surface area contributed by atoms with Gasteiger partial charge in [0.05, 0.1) is 7.11 Å². The minimum atomic E-state index is 0.265. The highest BCUT2D eigenvalue weighted by Gasteiger charge is 2.17. The molecule has 0 aliphatic carbocycles. The average Bonchev–Trinajstić information content (AvgIpc) is 2.35. The summed E-state index contributed by atoms with van der Waals surface area (Å²) in [5.41, 5.74) is 6.86. The van der Waals surface area contributed by atoms with Crippen molar-refractivity contribution in [3.8, 4) is 5.75 Å². The van der Waals surface area contributed by atoms with Gasteiger partial charge in [-0.2, -0.15) is 0 Å². The fourth-order valence-electron chi connectivity index (χ4n) is 1.88. The number of methoxy groups -OCH3 is 1. The first kappa shape index (κ1) is 14.5.